The third-order valence-corrected chi connectivity index (χ3v) is 3.21. The molecule has 0 saturated heterocycles. The molecule has 0 amide bonds. The molecule has 0 heterocycles. The van der Waals surface area contributed by atoms with Crippen molar-refractivity contribution in [2.24, 2.45) is 5.92 Å². The van der Waals surface area contributed by atoms with Gasteiger partial charge in [-0.3, -0.25) is 0 Å². The molecule has 1 aliphatic rings. The monoisotopic (exact) mass is 248 g/mol. The lowest BCUT2D eigenvalue weighted by Crippen LogP contribution is -2.12. The predicted molar refractivity (Wildman–Crippen MR) is 51.7 cm³/mol. The van der Waals surface area contributed by atoms with E-state index >= 15 is 0 Å². The molecule has 0 spiro atoms. The van der Waals surface area contributed by atoms with E-state index < -0.39 is 15.8 Å². The normalized spacial score (nSPS) is 27.5. The van der Waals surface area contributed by atoms with E-state index in [0.29, 0.717) is 6.42 Å². The Morgan fingerprint density at radius 1 is 1.54 bits per heavy atom. The van der Waals surface area contributed by atoms with Gasteiger partial charge in [-0.25, -0.2) is 8.78 Å². The Kier molecular flexibility index (Phi) is 3.48. The number of halogens is 5. The lowest BCUT2D eigenvalue weighted by atomic mass is 9.99. The van der Waals surface area contributed by atoms with Crippen LogP contribution in [0.25, 0.3) is 0 Å². The number of alkyl halides is 4. The molecule has 0 aliphatic heterocycles. The average Bonchev–Trinajstić information content (AvgIpc) is 2.23. The molecule has 1 atom stereocenters. The molecule has 0 radical (unpaired) electrons. The first kappa shape index (κ1) is 11.5. The molecular weight excluding hydrogens is 240 g/mol. The van der Waals surface area contributed by atoms with E-state index in [2.05, 4.69) is 0 Å². The van der Waals surface area contributed by atoms with Crippen LogP contribution in [0.5, 0.6) is 0 Å². The van der Waals surface area contributed by atoms with Crippen molar-refractivity contribution >= 4 is 34.8 Å². The summed E-state index contributed by atoms with van der Waals surface area (Å²) in [6.07, 6.45) is 0.310. The maximum absolute atomic E-state index is 13.1. The summed E-state index contributed by atoms with van der Waals surface area (Å²) in [5.41, 5.74) is 0.289. The van der Waals surface area contributed by atoms with Gasteiger partial charge in [0.2, 0.25) is 0 Å². The highest BCUT2D eigenvalue weighted by Gasteiger charge is 2.47. The quantitative estimate of drug-likeness (QED) is 0.638. The molecule has 5 heteroatoms. The molecule has 0 bridgehead atoms. The molecule has 1 rings (SSSR count). The molecule has 0 N–H and O–H groups in total. The summed E-state index contributed by atoms with van der Waals surface area (Å²) in [7, 11) is 0. The van der Waals surface area contributed by atoms with Gasteiger partial charge >= 0.3 is 0 Å². The first-order valence-electron chi connectivity index (χ1n) is 3.96. The number of allylic oxidation sites excluding steroid dienone is 2. The topological polar surface area (TPSA) is 0 Å². The van der Waals surface area contributed by atoms with Crippen molar-refractivity contribution in [2.75, 3.05) is 0 Å². The van der Waals surface area contributed by atoms with Crippen LogP contribution in [0.3, 0.4) is 0 Å². The van der Waals surface area contributed by atoms with Gasteiger partial charge < -0.3 is 0 Å². The second-order valence-electron chi connectivity index (χ2n) is 3.08. The van der Waals surface area contributed by atoms with Gasteiger partial charge in [0.25, 0.3) is 5.92 Å². The largest absolute Gasteiger partial charge is 0.284 e. The van der Waals surface area contributed by atoms with Crippen molar-refractivity contribution in [3.05, 3.63) is 10.6 Å². The van der Waals surface area contributed by atoms with Crippen LogP contribution in [0.4, 0.5) is 8.78 Å². The van der Waals surface area contributed by atoms with Crippen LogP contribution in [0.1, 0.15) is 19.8 Å². The fourth-order valence-electron chi connectivity index (χ4n) is 1.54. The third kappa shape index (κ3) is 2.11. The smallest absolute Gasteiger partial charge is 0.200 e. The predicted octanol–water partition coefficient (Wildman–Crippen LogP) is 4.35. The standard InChI is InChI=1S/C8H9Cl3F2/c1-2-4-3-8(12,13)6(9)5(4)7(10)11/h4,7H,2-3H2,1H3. The van der Waals surface area contributed by atoms with Gasteiger partial charge in [0, 0.05) is 6.42 Å². The Hall–Kier alpha value is 0.470. The van der Waals surface area contributed by atoms with Crippen molar-refractivity contribution in [1.29, 1.82) is 0 Å². The van der Waals surface area contributed by atoms with E-state index in [4.69, 9.17) is 34.8 Å². The van der Waals surface area contributed by atoms with E-state index in [1.165, 1.54) is 0 Å². The van der Waals surface area contributed by atoms with Gasteiger partial charge in [0.15, 0.2) is 0 Å². The minimum atomic E-state index is -2.94. The van der Waals surface area contributed by atoms with Gasteiger partial charge in [-0.1, -0.05) is 18.5 Å². The zero-order chi connectivity index (χ0) is 10.2. The molecule has 0 aromatic carbocycles. The van der Waals surface area contributed by atoms with Crippen LogP contribution in [0, 0.1) is 5.92 Å². The average molecular weight is 250 g/mol. The summed E-state index contributed by atoms with van der Waals surface area (Å²) in [4.78, 5) is -0.925. The van der Waals surface area contributed by atoms with E-state index in [1.807, 2.05) is 6.92 Å². The summed E-state index contributed by atoms with van der Waals surface area (Å²) in [6.45, 7) is 1.81. The molecule has 0 aromatic rings. The fraction of sp³-hybridized carbons (Fsp3) is 0.750. The van der Waals surface area contributed by atoms with Crippen molar-refractivity contribution in [3.63, 3.8) is 0 Å². The van der Waals surface area contributed by atoms with Crippen molar-refractivity contribution < 1.29 is 8.78 Å². The van der Waals surface area contributed by atoms with Crippen LogP contribution in [-0.4, -0.2) is 10.8 Å². The summed E-state index contributed by atoms with van der Waals surface area (Å²) in [5, 5.41) is -0.464. The SMILES string of the molecule is CCC1CC(F)(F)C(Cl)=C1C(Cl)Cl. The van der Waals surface area contributed by atoms with Gasteiger partial charge in [0.05, 0.1) is 5.03 Å². The van der Waals surface area contributed by atoms with Crippen molar-refractivity contribution in [3.8, 4) is 0 Å². The highest BCUT2D eigenvalue weighted by molar-refractivity contribution is 6.47. The number of hydrogen-bond acceptors (Lipinski definition) is 0. The molecule has 76 valence electrons. The van der Waals surface area contributed by atoms with Gasteiger partial charge in [-0.2, -0.15) is 0 Å². The maximum atomic E-state index is 13.1. The number of hydrogen-bond donors (Lipinski definition) is 0. The zero-order valence-electron chi connectivity index (χ0n) is 6.96. The summed E-state index contributed by atoms with van der Waals surface area (Å²) in [6, 6.07) is 0. The second-order valence-corrected chi connectivity index (χ2v) is 4.56. The Morgan fingerprint density at radius 3 is 2.38 bits per heavy atom. The summed E-state index contributed by atoms with van der Waals surface area (Å²) in [5.74, 6) is -3.23. The summed E-state index contributed by atoms with van der Waals surface area (Å²) < 4.78 is 26.2. The van der Waals surface area contributed by atoms with Crippen LogP contribution in [0.15, 0.2) is 10.6 Å². The summed E-state index contributed by atoms with van der Waals surface area (Å²) >= 11 is 16.6. The first-order chi connectivity index (χ1) is 5.90. The van der Waals surface area contributed by atoms with Gasteiger partial charge in [-0.05, 0) is 17.9 Å². The first-order valence-corrected chi connectivity index (χ1v) is 5.21. The lowest BCUT2D eigenvalue weighted by molar-refractivity contribution is 0.0409. The molecule has 0 nitrogen and oxygen atoms in total. The van der Waals surface area contributed by atoms with Crippen molar-refractivity contribution in [1.82, 2.24) is 0 Å². The minimum absolute atomic E-state index is 0.270. The van der Waals surface area contributed by atoms with E-state index in [9.17, 15) is 8.78 Å². The van der Waals surface area contributed by atoms with Crippen molar-refractivity contribution in [2.45, 2.75) is 30.5 Å². The zero-order valence-corrected chi connectivity index (χ0v) is 9.23. The van der Waals surface area contributed by atoms with Crippen LogP contribution in [-0.2, 0) is 0 Å². The fourth-order valence-corrected chi connectivity index (χ4v) is 2.56. The second kappa shape index (κ2) is 3.92. The molecule has 1 aliphatic carbocycles. The van der Waals surface area contributed by atoms with Gasteiger partial charge in [-0.15, -0.1) is 23.2 Å². The molecule has 0 saturated carbocycles. The minimum Gasteiger partial charge on any atom is -0.200 e. The van der Waals surface area contributed by atoms with Crippen LogP contribution < -0.4 is 0 Å². The van der Waals surface area contributed by atoms with Crippen LogP contribution in [0.2, 0.25) is 0 Å². The molecular formula is C8H9Cl3F2. The Labute approximate surface area is 90.8 Å². The molecule has 0 aromatic heterocycles. The Bertz CT molecular complexity index is 236. The van der Waals surface area contributed by atoms with Gasteiger partial charge in [0.1, 0.15) is 4.84 Å². The van der Waals surface area contributed by atoms with Crippen LogP contribution >= 0.6 is 34.8 Å². The number of rotatable bonds is 2. The molecule has 13 heavy (non-hydrogen) atoms. The lowest BCUT2D eigenvalue weighted by Gasteiger charge is -2.12. The van der Waals surface area contributed by atoms with E-state index in [0.717, 1.165) is 0 Å². The molecule has 1 unspecified atom stereocenters. The van der Waals surface area contributed by atoms with E-state index in [-0.39, 0.29) is 17.9 Å². The van der Waals surface area contributed by atoms with E-state index in [1.54, 1.807) is 0 Å². The highest BCUT2D eigenvalue weighted by Crippen LogP contribution is 2.49. The Balaban J connectivity index is 3.02. The Morgan fingerprint density at radius 2 is 2.08 bits per heavy atom. The maximum Gasteiger partial charge on any atom is 0.284 e. The third-order valence-electron chi connectivity index (χ3n) is 2.25. The highest BCUT2D eigenvalue weighted by atomic mass is 35.5. The molecule has 0 fully saturated rings.